The Labute approximate surface area is 214 Å². The Balaban J connectivity index is 1.42. The van der Waals surface area contributed by atoms with Crippen LogP contribution in [0.5, 0.6) is 11.5 Å². The molecule has 1 unspecified atom stereocenters. The first-order valence-corrected chi connectivity index (χ1v) is 12.2. The molecule has 2 aromatic carbocycles. The SMILES string of the molecule is COc1ccc(OC)c(CC(=O)N2CCCC(c3cc(-c4ccc(F)cc4)nn3-c3ncccn3)C2)c1. The van der Waals surface area contributed by atoms with Crippen molar-refractivity contribution < 1.29 is 18.7 Å². The van der Waals surface area contributed by atoms with Gasteiger partial charge in [0, 0.05) is 42.5 Å². The lowest BCUT2D eigenvalue weighted by atomic mass is 9.93. The van der Waals surface area contributed by atoms with Crippen LogP contribution in [0.1, 0.15) is 30.0 Å². The van der Waals surface area contributed by atoms with Gasteiger partial charge in [-0.3, -0.25) is 4.79 Å². The third-order valence-corrected chi connectivity index (χ3v) is 6.64. The minimum absolute atomic E-state index is 0.0250. The molecule has 8 nitrogen and oxygen atoms in total. The molecule has 9 heteroatoms. The zero-order chi connectivity index (χ0) is 25.8. The Morgan fingerprint density at radius 3 is 2.57 bits per heavy atom. The molecular weight excluding hydrogens is 473 g/mol. The fraction of sp³-hybridized carbons (Fsp3) is 0.286. The summed E-state index contributed by atoms with van der Waals surface area (Å²) in [7, 11) is 3.20. The Kier molecular flexibility index (Phi) is 7.11. The second-order valence-electron chi connectivity index (χ2n) is 8.96. The minimum Gasteiger partial charge on any atom is -0.497 e. The van der Waals surface area contributed by atoms with E-state index in [0.29, 0.717) is 36.2 Å². The summed E-state index contributed by atoms with van der Waals surface area (Å²) < 4.78 is 26.0. The van der Waals surface area contributed by atoms with E-state index in [1.807, 2.05) is 29.2 Å². The van der Waals surface area contributed by atoms with Gasteiger partial charge in [0.15, 0.2) is 0 Å². The number of hydrogen-bond acceptors (Lipinski definition) is 6. The van der Waals surface area contributed by atoms with Crippen LogP contribution in [0.15, 0.2) is 67.0 Å². The highest BCUT2D eigenvalue weighted by atomic mass is 19.1. The van der Waals surface area contributed by atoms with Crippen molar-refractivity contribution in [1.82, 2.24) is 24.6 Å². The molecule has 37 heavy (non-hydrogen) atoms. The van der Waals surface area contributed by atoms with Crippen LogP contribution in [0.2, 0.25) is 0 Å². The number of likely N-dealkylation sites (tertiary alicyclic amines) is 1. The van der Waals surface area contributed by atoms with Crippen molar-refractivity contribution in [2.45, 2.75) is 25.2 Å². The smallest absolute Gasteiger partial charge is 0.250 e. The van der Waals surface area contributed by atoms with Crippen LogP contribution in [0, 0.1) is 5.82 Å². The summed E-state index contributed by atoms with van der Waals surface area (Å²) in [6.45, 7) is 1.23. The largest absolute Gasteiger partial charge is 0.497 e. The van der Waals surface area contributed by atoms with Crippen molar-refractivity contribution in [2.75, 3.05) is 27.3 Å². The van der Waals surface area contributed by atoms with Crippen LogP contribution in [-0.4, -0.2) is 57.9 Å². The van der Waals surface area contributed by atoms with Gasteiger partial charge in [0.2, 0.25) is 5.91 Å². The summed E-state index contributed by atoms with van der Waals surface area (Å²) in [4.78, 5) is 24.1. The molecule has 0 bridgehead atoms. The van der Waals surface area contributed by atoms with Gasteiger partial charge < -0.3 is 14.4 Å². The number of aromatic nitrogens is 4. The molecule has 2 aromatic heterocycles. The molecule has 0 spiro atoms. The number of halogens is 1. The molecule has 1 saturated heterocycles. The third-order valence-electron chi connectivity index (χ3n) is 6.64. The summed E-state index contributed by atoms with van der Waals surface area (Å²) in [5, 5.41) is 4.77. The maximum Gasteiger partial charge on any atom is 0.250 e. The van der Waals surface area contributed by atoms with E-state index < -0.39 is 0 Å². The molecule has 0 saturated carbocycles. The van der Waals surface area contributed by atoms with Crippen molar-refractivity contribution in [3.05, 3.63) is 84.1 Å². The minimum atomic E-state index is -0.302. The van der Waals surface area contributed by atoms with Gasteiger partial charge in [-0.05, 0) is 67.4 Å². The van der Waals surface area contributed by atoms with Crippen LogP contribution >= 0.6 is 0 Å². The van der Waals surface area contributed by atoms with Gasteiger partial charge in [0.25, 0.3) is 5.95 Å². The van der Waals surface area contributed by atoms with Gasteiger partial charge in [-0.1, -0.05) is 0 Å². The van der Waals surface area contributed by atoms with E-state index in [2.05, 4.69) is 9.97 Å². The maximum atomic E-state index is 13.5. The second kappa shape index (κ2) is 10.8. The molecule has 1 aliphatic rings. The molecular formula is C28H28FN5O3. The quantitative estimate of drug-likeness (QED) is 0.373. The number of rotatable bonds is 7. The van der Waals surface area contributed by atoms with Crippen molar-refractivity contribution in [1.29, 1.82) is 0 Å². The van der Waals surface area contributed by atoms with Gasteiger partial charge in [0.05, 0.1) is 32.0 Å². The number of amides is 1. The predicted molar refractivity (Wildman–Crippen MR) is 136 cm³/mol. The van der Waals surface area contributed by atoms with E-state index >= 15 is 0 Å². The van der Waals surface area contributed by atoms with Gasteiger partial charge in [-0.25, -0.2) is 19.0 Å². The number of hydrogen-bond donors (Lipinski definition) is 0. The van der Waals surface area contributed by atoms with Crippen molar-refractivity contribution in [2.24, 2.45) is 0 Å². The summed E-state index contributed by atoms with van der Waals surface area (Å²) in [5.74, 6) is 1.55. The van der Waals surface area contributed by atoms with E-state index in [1.165, 1.54) is 12.1 Å². The number of nitrogens with zero attached hydrogens (tertiary/aromatic N) is 5. The molecule has 1 aliphatic heterocycles. The summed E-state index contributed by atoms with van der Waals surface area (Å²) in [6.07, 6.45) is 5.31. The highest BCUT2D eigenvalue weighted by molar-refractivity contribution is 5.80. The maximum absolute atomic E-state index is 13.5. The number of carbonyl (C=O) groups is 1. The normalized spacial score (nSPS) is 15.4. The fourth-order valence-corrected chi connectivity index (χ4v) is 4.75. The van der Waals surface area contributed by atoms with Crippen LogP contribution in [0.3, 0.4) is 0 Å². The Morgan fingerprint density at radius 2 is 1.84 bits per heavy atom. The zero-order valence-corrected chi connectivity index (χ0v) is 20.8. The molecule has 4 aromatic rings. The lowest BCUT2D eigenvalue weighted by Crippen LogP contribution is -2.40. The number of carbonyl (C=O) groups excluding carboxylic acids is 1. The highest BCUT2D eigenvalue weighted by Gasteiger charge is 2.29. The molecule has 1 amide bonds. The van der Waals surface area contributed by atoms with Crippen molar-refractivity contribution in [3.8, 4) is 28.7 Å². The van der Waals surface area contributed by atoms with Crippen LogP contribution in [-0.2, 0) is 11.2 Å². The molecule has 0 aliphatic carbocycles. The zero-order valence-electron chi connectivity index (χ0n) is 20.8. The van der Waals surface area contributed by atoms with E-state index in [-0.39, 0.29) is 24.1 Å². The first kappa shape index (κ1) is 24.4. The molecule has 0 radical (unpaired) electrons. The number of ether oxygens (including phenoxy) is 2. The first-order chi connectivity index (χ1) is 18.1. The number of piperidine rings is 1. The average Bonchev–Trinajstić information content (AvgIpc) is 3.39. The number of benzene rings is 2. The molecule has 1 fully saturated rings. The molecule has 190 valence electrons. The Morgan fingerprint density at radius 1 is 1.05 bits per heavy atom. The fourth-order valence-electron chi connectivity index (χ4n) is 4.75. The standard InChI is InChI=1S/C28H28FN5O3/c1-36-23-10-11-26(37-2)21(15-23)16-27(35)33-14-3-5-20(18-33)25-17-24(19-6-8-22(29)9-7-19)32-34(25)28-30-12-4-13-31-28/h4,6-13,15,17,20H,3,5,14,16,18H2,1-2H3. The first-order valence-electron chi connectivity index (χ1n) is 12.2. The molecule has 3 heterocycles. The highest BCUT2D eigenvalue weighted by Crippen LogP contribution is 2.32. The van der Waals surface area contributed by atoms with Crippen molar-refractivity contribution >= 4 is 5.91 Å². The van der Waals surface area contributed by atoms with Crippen LogP contribution in [0.25, 0.3) is 17.2 Å². The molecule has 1 atom stereocenters. The molecule has 0 N–H and O–H groups in total. The second-order valence-corrected chi connectivity index (χ2v) is 8.96. The lowest BCUT2D eigenvalue weighted by Gasteiger charge is -2.33. The van der Waals surface area contributed by atoms with E-state index in [0.717, 1.165) is 29.7 Å². The van der Waals surface area contributed by atoms with Crippen molar-refractivity contribution in [3.63, 3.8) is 0 Å². The van der Waals surface area contributed by atoms with E-state index in [4.69, 9.17) is 14.6 Å². The summed E-state index contributed by atoms with van der Waals surface area (Å²) >= 11 is 0. The van der Waals surface area contributed by atoms with Crippen LogP contribution < -0.4 is 9.47 Å². The van der Waals surface area contributed by atoms with Gasteiger partial charge in [-0.2, -0.15) is 5.10 Å². The van der Waals surface area contributed by atoms with Gasteiger partial charge in [0.1, 0.15) is 17.3 Å². The lowest BCUT2D eigenvalue weighted by molar-refractivity contribution is -0.131. The molecule has 5 rings (SSSR count). The third kappa shape index (κ3) is 5.30. The summed E-state index contributed by atoms with van der Waals surface area (Å²) in [5.41, 5.74) is 3.20. The topological polar surface area (TPSA) is 82.4 Å². The van der Waals surface area contributed by atoms with Crippen LogP contribution in [0.4, 0.5) is 4.39 Å². The monoisotopic (exact) mass is 501 g/mol. The van der Waals surface area contributed by atoms with E-state index in [1.54, 1.807) is 49.5 Å². The Hall–Kier alpha value is -4.27. The predicted octanol–water partition coefficient (Wildman–Crippen LogP) is 4.43. The Bertz CT molecular complexity index is 1370. The average molecular weight is 502 g/mol. The van der Waals surface area contributed by atoms with Gasteiger partial charge >= 0.3 is 0 Å². The van der Waals surface area contributed by atoms with E-state index in [9.17, 15) is 9.18 Å². The van der Waals surface area contributed by atoms with Gasteiger partial charge in [-0.15, -0.1) is 0 Å². The number of methoxy groups -OCH3 is 2. The summed E-state index contributed by atoms with van der Waals surface area (Å²) in [6, 6.07) is 15.5.